The van der Waals surface area contributed by atoms with Gasteiger partial charge >= 0.3 is 0 Å². The molecule has 2 rings (SSSR count). The van der Waals surface area contributed by atoms with Crippen LogP contribution in [0.2, 0.25) is 0 Å². The van der Waals surface area contributed by atoms with E-state index in [9.17, 15) is 0 Å². The Morgan fingerprint density at radius 2 is 1.50 bits per heavy atom. The van der Waals surface area contributed by atoms with Crippen LogP contribution in [0.1, 0.15) is 5.56 Å². The van der Waals surface area contributed by atoms with Crippen LogP contribution in [0.3, 0.4) is 0 Å². The van der Waals surface area contributed by atoms with Gasteiger partial charge in [0.2, 0.25) is 0 Å². The second kappa shape index (κ2) is 7.80. The summed E-state index contributed by atoms with van der Waals surface area (Å²) in [6.07, 6.45) is 0. The van der Waals surface area contributed by atoms with Gasteiger partial charge in [-0.25, -0.2) is 0 Å². The minimum absolute atomic E-state index is 0.473. The maximum Gasteiger partial charge on any atom is 0.161 e. The Balaban J connectivity index is 1.78. The summed E-state index contributed by atoms with van der Waals surface area (Å²) in [5, 5.41) is 0.851. The van der Waals surface area contributed by atoms with Crippen LogP contribution in [0, 0.1) is 0 Å². The van der Waals surface area contributed by atoms with Crippen LogP contribution >= 0.6 is 15.9 Å². The van der Waals surface area contributed by atoms with Crippen molar-refractivity contribution in [3.63, 3.8) is 0 Å². The molecular formula is C16H17BrO3. The molecule has 0 saturated heterocycles. The summed E-state index contributed by atoms with van der Waals surface area (Å²) >= 11 is 3.41. The zero-order chi connectivity index (χ0) is 14.2. The first-order valence-electron chi connectivity index (χ1n) is 6.37. The number of benzene rings is 2. The Bertz CT molecular complexity index is 526. The quantitative estimate of drug-likeness (QED) is 0.564. The van der Waals surface area contributed by atoms with Crippen molar-refractivity contribution < 1.29 is 14.2 Å². The predicted octanol–water partition coefficient (Wildman–Crippen LogP) is 4.05. The largest absolute Gasteiger partial charge is 0.493 e. The van der Waals surface area contributed by atoms with Gasteiger partial charge in [-0.1, -0.05) is 40.2 Å². The van der Waals surface area contributed by atoms with Gasteiger partial charge in [-0.15, -0.1) is 0 Å². The molecule has 0 amide bonds. The topological polar surface area (TPSA) is 27.7 Å². The lowest BCUT2D eigenvalue weighted by Crippen LogP contribution is -2.09. The van der Waals surface area contributed by atoms with Crippen molar-refractivity contribution in [2.24, 2.45) is 0 Å². The molecule has 0 radical (unpaired) electrons. The van der Waals surface area contributed by atoms with E-state index in [0.29, 0.717) is 13.2 Å². The van der Waals surface area contributed by atoms with Gasteiger partial charge in [0.1, 0.15) is 19.0 Å². The lowest BCUT2D eigenvalue weighted by atomic mass is 10.2. The molecule has 0 heterocycles. The van der Waals surface area contributed by atoms with E-state index in [4.69, 9.17) is 14.2 Å². The molecule has 0 aliphatic heterocycles. The lowest BCUT2D eigenvalue weighted by molar-refractivity contribution is 0.211. The first-order chi connectivity index (χ1) is 9.83. The molecule has 3 nitrogen and oxygen atoms in total. The first-order valence-corrected chi connectivity index (χ1v) is 7.49. The molecule has 20 heavy (non-hydrogen) atoms. The van der Waals surface area contributed by atoms with Crippen LogP contribution in [0.25, 0.3) is 0 Å². The second-order valence-corrected chi connectivity index (χ2v) is 4.69. The third-order valence-corrected chi connectivity index (χ3v) is 3.40. The fraction of sp³-hybridized carbons (Fsp3) is 0.250. The molecule has 0 unspecified atom stereocenters. The van der Waals surface area contributed by atoms with E-state index in [0.717, 1.165) is 22.6 Å². The van der Waals surface area contributed by atoms with Crippen molar-refractivity contribution in [2.45, 2.75) is 5.33 Å². The van der Waals surface area contributed by atoms with Gasteiger partial charge in [-0.05, 0) is 29.8 Å². The number of methoxy groups -OCH3 is 1. The normalized spacial score (nSPS) is 10.1. The van der Waals surface area contributed by atoms with Crippen LogP contribution in [-0.4, -0.2) is 20.3 Å². The van der Waals surface area contributed by atoms with Crippen LogP contribution in [0.15, 0.2) is 48.5 Å². The number of alkyl halides is 1. The molecule has 0 N–H and O–H groups in total. The molecule has 0 aromatic heterocycles. The van der Waals surface area contributed by atoms with E-state index in [-0.39, 0.29) is 0 Å². The van der Waals surface area contributed by atoms with Crippen LogP contribution < -0.4 is 14.2 Å². The fourth-order valence-electron chi connectivity index (χ4n) is 1.72. The van der Waals surface area contributed by atoms with Crippen molar-refractivity contribution in [1.29, 1.82) is 0 Å². The SMILES string of the molecule is COc1ccccc1OCCOc1ccc(CBr)cc1. The Morgan fingerprint density at radius 1 is 0.850 bits per heavy atom. The molecule has 2 aromatic rings. The summed E-state index contributed by atoms with van der Waals surface area (Å²) in [5.74, 6) is 2.31. The Hall–Kier alpha value is -1.68. The maximum absolute atomic E-state index is 5.64. The smallest absolute Gasteiger partial charge is 0.161 e. The molecule has 0 saturated carbocycles. The molecule has 4 heteroatoms. The molecule has 0 aliphatic rings. The van der Waals surface area contributed by atoms with Crippen LogP contribution in [-0.2, 0) is 5.33 Å². The summed E-state index contributed by atoms with van der Waals surface area (Å²) in [6.45, 7) is 0.965. The Kier molecular flexibility index (Phi) is 5.74. The average molecular weight is 337 g/mol. The predicted molar refractivity (Wildman–Crippen MR) is 83.1 cm³/mol. The molecule has 0 atom stereocenters. The number of hydrogen-bond donors (Lipinski definition) is 0. The van der Waals surface area contributed by atoms with E-state index in [1.54, 1.807) is 7.11 Å². The zero-order valence-corrected chi connectivity index (χ0v) is 12.9. The second-order valence-electron chi connectivity index (χ2n) is 4.13. The molecule has 0 aliphatic carbocycles. The Morgan fingerprint density at radius 3 is 2.15 bits per heavy atom. The average Bonchev–Trinajstić information content (AvgIpc) is 2.52. The summed E-state index contributed by atoms with van der Waals surface area (Å²) in [5.41, 5.74) is 1.22. The van der Waals surface area contributed by atoms with E-state index >= 15 is 0 Å². The molecule has 0 spiro atoms. The van der Waals surface area contributed by atoms with Crippen molar-refractivity contribution in [3.8, 4) is 17.2 Å². The van der Waals surface area contributed by atoms with Gasteiger partial charge in [-0.2, -0.15) is 0 Å². The summed E-state index contributed by atoms with van der Waals surface area (Å²) in [6, 6.07) is 15.6. The first kappa shape index (κ1) is 14.7. The van der Waals surface area contributed by atoms with E-state index in [2.05, 4.69) is 15.9 Å². The summed E-state index contributed by atoms with van der Waals surface area (Å²) in [4.78, 5) is 0. The highest BCUT2D eigenvalue weighted by molar-refractivity contribution is 9.08. The summed E-state index contributed by atoms with van der Waals surface area (Å²) < 4.78 is 16.5. The lowest BCUT2D eigenvalue weighted by Gasteiger charge is -2.11. The molecule has 106 valence electrons. The van der Waals surface area contributed by atoms with Crippen molar-refractivity contribution >= 4 is 15.9 Å². The third kappa shape index (κ3) is 4.17. The number of hydrogen-bond acceptors (Lipinski definition) is 3. The summed E-state index contributed by atoms with van der Waals surface area (Å²) in [7, 11) is 1.63. The highest BCUT2D eigenvalue weighted by atomic mass is 79.9. The van der Waals surface area contributed by atoms with Gasteiger partial charge < -0.3 is 14.2 Å². The van der Waals surface area contributed by atoms with Gasteiger partial charge in [0, 0.05) is 5.33 Å². The van der Waals surface area contributed by atoms with E-state index in [1.165, 1.54) is 5.56 Å². The minimum Gasteiger partial charge on any atom is -0.493 e. The van der Waals surface area contributed by atoms with Crippen molar-refractivity contribution in [3.05, 3.63) is 54.1 Å². The molecular weight excluding hydrogens is 320 g/mol. The van der Waals surface area contributed by atoms with Gasteiger partial charge in [0.05, 0.1) is 7.11 Å². The Labute approximate surface area is 127 Å². The number of para-hydroxylation sites is 2. The highest BCUT2D eigenvalue weighted by Crippen LogP contribution is 2.25. The minimum atomic E-state index is 0.473. The molecule has 2 aromatic carbocycles. The van der Waals surface area contributed by atoms with Crippen molar-refractivity contribution in [2.75, 3.05) is 20.3 Å². The standard InChI is InChI=1S/C16H17BrO3/c1-18-15-4-2-3-5-16(15)20-11-10-19-14-8-6-13(12-17)7-9-14/h2-9H,10-12H2,1H3. The van der Waals surface area contributed by atoms with E-state index < -0.39 is 0 Å². The number of rotatable bonds is 7. The van der Waals surface area contributed by atoms with Gasteiger partial charge in [0.25, 0.3) is 0 Å². The van der Waals surface area contributed by atoms with E-state index in [1.807, 2.05) is 48.5 Å². The number of halogens is 1. The van der Waals surface area contributed by atoms with Gasteiger partial charge in [0.15, 0.2) is 11.5 Å². The fourth-order valence-corrected chi connectivity index (χ4v) is 2.10. The van der Waals surface area contributed by atoms with Crippen LogP contribution in [0.5, 0.6) is 17.2 Å². The van der Waals surface area contributed by atoms with Gasteiger partial charge in [-0.3, -0.25) is 0 Å². The third-order valence-electron chi connectivity index (χ3n) is 2.76. The molecule has 0 bridgehead atoms. The molecule has 0 fully saturated rings. The monoisotopic (exact) mass is 336 g/mol. The van der Waals surface area contributed by atoms with Crippen LogP contribution in [0.4, 0.5) is 0 Å². The zero-order valence-electron chi connectivity index (χ0n) is 11.3. The van der Waals surface area contributed by atoms with Crippen molar-refractivity contribution in [1.82, 2.24) is 0 Å². The number of ether oxygens (including phenoxy) is 3. The maximum atomic E-state index is 5.64. The highest BCUT2D eigenvalue weighted by Gasteiger charge is 2.02.